The number of rotatable bonds is 2. The summed E-state index contributed by atoms with van der Waals surface area (Å²) in [4.78, 5) is 0. The molecule has 1 aromatic rings. The molecular weight excluding hydrogens is 268 g/mol. The summed E-state index contributed by atoms with van der Waals surface area (Å²) in [6.45, 7) is 6.86. The Morgan fingerprint density at radius 1 is 1.00 bits per heavy atom. The molecule has 0 amide bonds. The van der Waals surface area contributed by atoms with Crippen molar-refractivity contribution in [2.75, 3.05) is 0 Å². The van der Waals surface area contributed by atoms with E-state index in [1.807, 2.05) is 0 Å². The van der Waals surface area contributed by atoms with Gasteiger partial charge in [-0.1, -0.05) is 39.3 Å². The normalized spacial score (nSPS) is 12.6. The summed E-state index contributed by atoms with van der Waals surface area (Å²) in [5.41, 5.74) is -0.775. The van der Waals surface area contributed by atoms with Crippen molar-refractivity contribution in [2.45, 2.75) is 45.7 Å². The number of hydrogen-bond donors (Lipinski definition) is 0. The first kappa shape index (κ1) is 15.3. The smallest absolute Gasteiger partial charge is 0.206 e. The monoisotopic (exact) mass is 282 g/mol. The summed E-state index contributed by atoms with van der Waals surface area (Å²) in [6, 6.07) is 0.679. The van der Waals surface area contributed by atoms with Gasteiger partial charge >= 0.3 is 6.18 Å². The molecule has 0 heterocycles. The first-order valence-electron chi connectivity index (χ1n) is 5.66. The molecule has 0 N–H and O–H groups in total. The van der Waals surface area contributed by atoms with E-state index in [1.54, 1.807) is 27.7 Å². The third-order valence-corrected chi connectivity index (χ3v) is 3.06. The Morgan fingerprint density at radius 3 is 1.78 bits per heavy atom. The van der Waals surface area contributed by atoms with Crippen molar-refractivity contribution in [3.63, 3.8) is 0 Å². The van der Waals surface area contributed by atoms with Gasteiger partial charge in [0.2, 0.25) is 0 Å². The molecule has 0 nitrogen and oxygen atoms in total. The third kappa shape index (κ3) is 2.79. The maximum Gasteiger partial charge on any atom is 0.419 e. The van der Waals surface area contributed by atoms with Crippen LogP contribution >= 0.6 is 11.6 Å². The lowest BCUT2D eigenvalue weighted by Crippen LogP contribution is -2.14. The van der Waals surface area contributed by atoms with Crippen LogP contribution in [0.4, 0.5) is 17.6 Å². The molecule has 0 aromatic heterocycles. The van der Waals surface area contributed by atoms with Gasteiger partial charge in [0.1, 0.15) is 5.82 Å². The van der Waals surface area contributed by atoms with Gasteiger partial charge in [-0.05, 0) is 29.0 Å². The van der Waals surface area contributed by atoms with E-state index in [9.17, 15) is 17.6 Å². The Balaban J connectivity index is 3.67. The minimum absolute atomic E-state index is 0.0255. The Hall–Kier alpha value is -0.770. The molecule has 5 heteroatoms. The molecule has 0 saturated carbocycles. The highest BCUT2D eigenvalue weighted by Crippen LogP contribution is 2.41. The molecular formula is C13H15ClF4. The van der Waals surface area contributed by atoms with Crippen LogP contribution in [0.1, 0.15) is 56.2 Å². The molecule has 0 radical (unpaired) electrons. The number of alkyl halides is 3. The summed E-state index contributed by atoms with van der Waals surface area (Å²) in [5.74, 6) is -1.69. The lowest BCUT2D eigenvalue weighted by atomic mass is 9.88. The summed E-state index contributed by atoms with van der Waals surface area (Å²) < 4.78 is 52.2. The largest absolute Gasteiger partial charge is 0.419 e. The molecule has 0 unspecified atom stereocenters. The highest BCUT2D eigenvalue weighted by atomic mass is 35.5. The summed E-state index contributed by atoms with van der Waals surface area (Å²) in [7, 11) is 0. The molecule has 0 aliphatic heterocycles. The molecule has 0 spiro atoms. The summed E-state index contributed by atoms with van der Waals surface area (Å²) in [6.07, 6.45) is -4.73. The average Bonchev–Trinajstić information content (AvgIpc) is 2.17. The van der Waals surface area contributed by atoms with Gasteiger partial charge < -0.3 is 0 Å². The molecule has 0 saturated heterocycles. The predicted molar refractivity (Wildman–Crippen MR) is 64.6 cm³/mol. The van der Waals surface area contributed by atoms with Crippen LogP contribution in [0.3, 0.4) is 0 Å². The summed E-state index contributed by atoms with van der Waals surface area (Å²) in [5, 5.41) is -0.0255. The summed E-state index contributed by atoms with van der Waals surface area (Å²) >= 11 is 5.88. The fourth-order valence-electron chi connectivity index (χ4n) is 2.02. The van der Waals surface area contributed by atoms with Gasteiger partial charge in [-0.25, -0.2) is 4.39 Å². The first-order valence-corrected chi connectivity index (χ1v) is 6.04. The van der Waals surface area contributed by atoms with Crippen molar-refractivity contribution in [3.8, 4) is 0 Å². The molecule has 18 heavy (non-hydrogen) atoms. The maximum absolute atomic E-state index is 14.0. The van der Waals surface area contributed by atoms with Crippen molar-refractivity contribution >= 4 is 11.6 Å². The lowest BCUT2D eigenvalue weighted by molar-refractivity contribution is -0.140. The van der Waals surface area contributed by atoms with Gasteiger partial charge in [-0.15, -0.1) is 0 Å². The highest BCUT2D eigenvalue weighted by molar-refractivity contribution is 6.31. The zero-order valence-corrected chi connectivity index (χ0v) is 11.4. The number of halogens is 5. The lowest BCUT2D eigenvalue weighted by Gasteiger charge is -2.21. The van der Waals surface area contributed by atoms with Crippen molar-refractivity contribution in [1.29, 1.82) is 0 Å². The Morgan fingerprint density at radius 2 is 1.44 bits per heavy atom. The van der Waals surface area contributed by atoms with Crippen LogP contribution in [0.5, 0.6) is 0 Å². The SMILES string of the molecule is CC(C)c1c(Cl)cc(C(F)(F)F)c(F)c1C(C)C. The molecule has 0 fully saturated rings. The predicted octanol–water partition coefficient (Wildman–Crippen LogP) is 5.74. The Labute approximate surface area is 109 Å². The first-order chi connectivity index (χ1) is 8.07. The molecule has 1 aromatic carbocycles. The van der Waals surface area contributed by atoms with Gasteiger partial charge in [-0.2, -0.15) is 13.2 Å². The molecule has 0 bridgehead atoms. The second-order valence-electron chi connectivity index (χ2n) is 4.85. The van der Waals surface area contributed by atoms with Crippen molar-refractivity contribution in [1.82, 2.24) is 0 Å². The van der Waals surface area contributed by atoms with Gasteiger partial charge in [0.05, 0.1) is 5.56 Å². The fraction of sp³-hybridized carbons (Fsp3) is 0.538. The molecule has 102 valence electrons. The Bertz CT molecular complexity index is 447. The van der Waals surface area contributed by atoms with E-state index in [0.29, 0.717) is 11.6 Å². The van der Waals surface area contributed by atoms with E-state index in [4.69, 9.17) is 11.6 Å². The van der Waals surface area contributed by atoms with E-state index in [0.717, 1.165) is 0 Å². The quantitative estimate of drug-likeness (QED) is 0.606. The van der Waals surface area contributed by atoms with Gasteiger partial charge in [0.15, 0.2) is 0 Å². The standard InChI is InChI=1S/C13H15ClF4/c1-6(2)10-9(14)5-8(13(16,17)18)12(15)11(10)7(3)4/h5-7H,1-4H3. The van der Waals surface area contributed by atoms with Crippen LogP contribution in [0.25, 0.3) is 0 Å². The van der Waals surface area contributed by atoms with Crippen molar-refractivity contribution < 1.29 is 17.6 Å². The van der Waals surface area contributed by atoms with E-state index < -0.39 is 17.6 Å². The van der Waals surface area contributed by atoms with E-state index in [2.05, 4.69) is 0 Å². The average molecular weight is 283 g/mol. The van der Waals surface area contributed by atoms with Crippen LogP contribution in [-0.2, 0) is 6.18 Å². The van der Waals surface area contributed by atoms with Crippen LogP contribution in [0.15, 0.2) is 6.07 Å². The van der Waals surface area contributed by atoms with Crippen molar-refractivity contribution in [3.05, 3.63) is 33.6 Å². The minimum atomic E-state index is -4.73. The Kier molecular flexibility index (Phi) is 4.31. The van der Waals surface area contributed by atoms with Crippen LogP contribution in [0, 0.1) is 5.82 Å². The third-order valence-electron chi connectivity index (χ3n) is 2.75. The maximum atomic E-state index is 14.0. The van der Waals surface area contributed by atoms with Gasteiger partial charge in [0.25, 0.3) is 0 Å². The molecule has 0 aliphatic carbocycles. The van der Waals surface area contributed by atoms with Crippen LogP contribution in [-0.4, -0.2) is 0 Å². The van der Waals surface area contributed by atoms with Gasteiger partial charge in [0, 0.05) is 5.02 Å². The molecule has 0 aliphatic rings. The van der Waals surface area contributed by atoms with E-state index >= 15 is 0 Å². The zero-order chi connectivity index (χ0) is 14.2. The topological polar surface area (TPSA) is 0 Å². The van der Waals surface area contributed by atoms with Crippen LogP contribution in [0.2, 0.25) is 5.02 Å². The zero-order valence-electron chi connectivity index (χ0n) is 10.6. The minimum Gasteiger partial charge on any atom is -0.206 e. The fourth-order valence-corrected chi connectivity index (χ4v) is 2.45. The second-order valence-corrected chi connectivity index (χ2v) is 5.26. The van der Waals surface area contributed by atoms with E-state index in [-0.39, 0.29) is 22.4 Å². The van der Waals surface area contributed by atoms with Crippen LogP contribution < -0.4 is 0 Å². The molecule has 1 rings (SSSR count). The molecule has 0 atom stereocenters. The highest BCUT2D eigenvalue weighted by Gasteiger charge is 2.37. The number of hydrogen-bond acceptors (Lipinski definition) is 0. The second kappa shape index (κ2) is 5.08. The van der Waals surface area contributed by atoms with Crippen molar-refractivity contribution in [2.24, 2.45) is 0 Å². The number of benzene rings is 1. The van der Waals surface area contributed by atoms with Gasteiger partial charge in [-0.3, -0.25) is 0 Å². The van der Waals surface area contributed by atoms with E-state index in [1.165, 1.54) is 0 Å².